The lowest BCUT2D eigenvalue weighted by Crippen LogP contribution is -2.53. The predicted octanol–water partition coefficient (Wildman–Crippen LogP) is 2.54. The second kappa shape index (κ2) is 8.39. The molecular weight excluding hydrogens is 366 g/mol. The second-order valence-electron chi connectivity index (χ2n) is 6.56. The van der Waals surface area contributed by atoms with E-state index in [0.29, 0.717) is 39.1 Å². The number of carbonyl (C=O) groups is 3. The van der Waals surface area contributed by atoms with E-state index in [9.17, 15) is 14.4 Å². The SMILES string of the molecule is Cc1c(C(=O)N2CCN(C(=O)NCCCC(=O)O)CC2)sc2ccccc12. The highest BCUT2D eigenvalue weighted by Crippen LogP contribution is 2.31. The number of aliphatic carboxylic acids is 1. The number of rotatable bonds is 5. The number of aryl methyl sites for hydroxylation is 1. The highest BCUT2D eigenvalue weighted by molar-refractivity contribution is 7.21. The fraction of sp³-hybridized carbons (Fsp3) is 0.421. The van der Waals surface area contributed by atoms with Crippen molar-refractivity contribution in [3.63, 3.8) is 0 Å². The zero-order valence-corrected chi connectivity index (χ0v) is 16.1. The van der Waals surface area contributed by atoms with Crippen molar-refractivity contribution >= 4 is 39.3 Å². The van der Waals surface area contributed by atoms with Gasteiger partial charge in [0, 0.05) is 43.8 Å². The number of thiophene rings is 1. The average molecular weight is 389 g/mol. The lowest BCUT2D eigenvalue weighted by Gasteiger charge is -2.34. The number of hydrogen-bond acceptors (Lipinski definition) is 4. The Balaban J connectivity index is 1.54. The number of piperazine rings is 1. The highest BCUT2D eigenvalue weighted by Gasteiger charge is 2.27. The van der Waals surface area contributed by atoms with Crippen molar-refractivity contribution in [2.24, 2.45) is 0 Å². The fourth-order valence-corrected chi connectivity index (χ4v) is 4.36. The van der Waals surface area contributed by atoms with Crippen LogP contribution in [0, 0.1) is 6.92 Å². The predicted molar refractivity (Wildman–Crippen MR) is 104 cm³/mol. The first kappa shape index (κ1) is 19.2. The largest absolute Gasteiger partial charge is 0.481 e. The third kappa shape index (κ3) is 4.39. The van der Waals surface area contributed by atoms with Crippen LogP contribution in [0.2, 0.25) is 0 Å². The van der Waals surface area contributed by atoms with Gasteiger partial charge in [0.05, 0.1) is 4.88 Å². The Morgan fingerprint density at radius 3 is 2.44 bits per heavy atom. The first-order valence-corrected chi connectivity index (χ1v) is 9.81. The van der Waals surface area contributed by atoms with Crippen molar-refractivity contribution in [2.45, 2.75) is 19.8 Å². The van der Waals surface area contributed by atoms with Crippen LogP contribution in [0.3, 0.4) is 0 Å². The van der Waals surface area contributed by atoms with Crippen LogP contribution in [0.4, 0.5) is 4.79 Å². The van der Waals surface area contributed by atoms with Crippen LogP contribution in [0.1, 0.15) is 28.1 Å². The van der Waals surface area contributed by atoms with Gasteiger partial charge in [-0.15, -0.1) is 11.3 Å². The van der Waals surface area contributed by atoms with Crippen LogP contribution in [0.25, 0.3) is 10.1 Å². The molecule has 0 atom stereocenters. The molecule has 1 aromatic carbocycles. The van der Waals surface area contributed by atoms with E-state index in [2.05, 4.69) is 5.32 Å². The minimum atomic E-state index is -0.868. The molecular formula is C19H23N3O4S. The smallest absolute Gasteiger partial charge is 0.317 e. The lowest BCUT2D eigenvalue weighted by atomic mass is 10.1. The molecule has 0 bridgehead atoms. The summed E-state index contributed by atoms with van der Waals surface area (Å²) >= 11 is 1.52. The van der Waals surface area contributed by atoms with Gasteiger partial charge in [-0.3, -0.25) is 9.59 Å². The summed E-state index contributed by atoms with van der Waals surface area (Å²) in [5, 5.41) is 12.5. The zero-order valence-electron chi connectivity index (χ0n) is 15.2. The maximum atomic E-state index is 12.9. The van der Waals surface area contributed by atoms with Crippen LogP contribution in [0.5, 0.6) is 0 Å². The van der Waals surface area contributed by atoms with Gasteiger partial charge in [-0.2, -0.15) is 0 Å². The molecule has 0 aliphatic carbocycles. The first-order chi connectivity index (χ1) is 13.0. The fourth-order valence-electron chi connectivity index (χ4n) is 3.18. The molecule has 1 aromatic heterocycles. The van der Waals surface area contributed by atoms with Gasteiger partial charge in [-0.25, -0.2) is 4.79 Å². The Labute approximate surface area is 161 Å². The number of hydrogen-bond donors (Lipinski definition) is 2. The molecule has 2 heterocycles. The van der Waals surface area contributed by atoms with Gasteiger partial charge in [0.25, 0.3) is 5.91 Å². The number of carboxylic acids is 1. The van der Waals surface area contributed by atoms with E-state index >= 15 is 0 Å². The molecule has 0 unspecified atom stereocenters. The van der Waals surface area contributed by atoms with Gasteiger partial charge < -0.3 is 20.2 Å². The summed E-state index contributed by atoms with van der Waals surface area (Å²) in [5.74, 6) is -0.844. The maximum absolute atomic E-state index is 12.9. The third-order valence-electron chi connectivity index (χ3n) is 4.74. The van der Waals surface area contributed by atoms with E-state index in [0.717, 1.165) is 20.5 Å². The summed E-state index contributed by atoms with van der Waals surface area (Å²) in [5.41, 5.74) is 1.01. The monoisotopic (exact) mass is 389 g/mol. The highest BCUT2D eigenvalue weighted by atomic mass is 32.1. The van der Waals surface area contributed by atoms with Gasteiger partial charge in [0.2, 0.25) is 0 Å². The quantitative estimate of drug-likeness (QED) is 0.769. The Bertz CT molecular complexity index is 856. The van der Waals surface area contributed by atoms with Gasteiger partial charge in [-0.1, -0.05) is 18.2 Å². The molecule has 1 aliphatic rings. The van der Waals surface area contributed by atoms with Crippen molar-refractivity contribution in [3.8, 4) is 0 Å². The zero-order chi connectivity index (χ0) is 19.4. The summed E-state index contributed by atoms with van der Waals surface area (Å²) < 4.78 is 1.11. The molecule has 7 nitrogen and oxygen atoms in total. The molecule has 1 saturated heterocycles. The summed E-state index contributed by atoms with van der Waals surface area (Å²) in [6, 6.07) is 7.80. The van der Waals surface area contributed by atoms with E-state index < -0.39 is 5.97 Å². The standard InChI is InChI=1S/C19H23N3O4S/c1-13-14-5-2-3-6-15(14)27-17(13)18(25)21-9-11-22(12-10-21)19(26)20-8-4-7-16(23)24/h2-3,5-6H,4,7-12H2,1H3,(H,20,26)(H,23,24). The molecule has 3 rings (SSSR count). The number of urea groups is 1. The molecule has 0 saturated carbocycles. The van der Waals surface area contributed by atoms with Gasteiger partial charge in [0.15, 0.2) is 0 Å². The number of nitrogens with zero attached hydrogens (tertiary/aromatic N) is 2. The summed E-state index contributed by atoms with van der Waals surface area (Å²) in [6.45, 7) is 4.25. The average Bonchev–Trinajstić information content (AvgIpc) is 3.01. The number of carbonyl (C=O) groups excluding carboxylic acids is 2. The number of benzene rings is 1. The molecule has 0 radical (unpaired) electrons. The molecule has 144 valence electrons. The molecule has 8 heteroatoms. The lowest BCUT2D eigenvalue weighted by molar-refractivity contribution is -0.137. The molecule has 27 heavy (non-hydrogen) atoms. The van der Waals surface area contributed by atoms with E-state index in [1.54, 1.807) is 9.80 Å². The molecule has 1 fully saturated rings. The van der Waals surface area contributed by atoms with Crippen LogP contribution in [-0.2, 0) is 4.79 Å². The number of amides is 3. The summed E-state index contributed by atoms with van der Waals surface area (Å²) in [7, 11) is 0. The van der Waals surface area contributed by atoms with E-state index in [-0.39, 0.29) is 18.4 Å². The second-order valence-corrected chi connectivity index (χ2v) is 7.61. The Morgan fingerprint density at radius 2 is 1.78 bits per heavy atom. The molecule has 0 spiro atoms. The topological polar surface area (TPSA) is 90.0 Å². The van der Waals surface area contributed by atoms with E-state index in [1.165, 1.54) is 11.3 Å². The third-order valence-corrected chi connectivity index (χ3v) is 6.00. The number of fused-ring (bicyclic) bond motifs is 1. The minimum Gasteiger partial charge on any atom is -0.481 e. The van der Waals surface area contributed by atoms with Crippen molar-refractivity contribution in [2.75, 3.05) is 32.7 Å². The van der Waals surface area contributed by atoms with E-state index in [4.69, 9.17) is 5.11 Å². The Hall–Kier alpha value is -2.61. The normalized spacial score (nSPS) is 14.4. The van der Waals surface area contributed by atoms with Crippen molar-refractivity contribution in [1.82, 2.24) is 15.1 Å². The number of nitrogens with one attached hydrogen (secondary N) is 1. The van der Waals surface area contributed by atoms with Gasteiger partial charge in [-0.05, 0) is 30.4 Å². The van der Waals surface area contributed by atoms with E-state index in [1.807, 2.05) is 31.2 Å². The molecule has 2 aromatic rings. The van der Waals surface area contributed by atoms with Crippen LogP contribution < -0.4 is 5.32 Å². The van der Waals surface area contributed by atoms with Gasteiger partial charge in [0.1, 0.15) is 0 Å². The minimum absolute atomic E-state index is 0.0233. The Morgan fingerprint density at radius 1 is 1.11 bits per heavy atom. The summed E-state index contributed by atoms with van der Waals surface area (Å²) in [6.07, 6.45) is 0.446. The van der Waals surface area contributed by atoms with Gasteiger partial charge >= 0.3 is 12.0 Å². The molecule has 1 aliphatic heterocycles. The van der Waals surface area contributed by atoms with Crippen LogP contribution >= 0.6 is 11.3 Å². The summed E-state index contributed by atoms with van der Waals surface area (Å²) in [4.78, 5) is 39.7. The Kier molecular flexibility index (Phi) is 5.95. The first-order valence-electron chi connectivity index (χ1n) is 8.99. The molecule has 2 N–H and O–H groups in total. The van der Waals surface area contributed by atoms with Crippen LogP contribution in [-0.4, -0.2) is 65.5 Å². The number of carboxylic acid groups (broad SMARTS) is 1. The molecule has 3 amide bonds. The van der Waals surface area contributed by atoms with Crippen molar-refractivity contribution in [1.29, 1.82) is 0 Å². The van der Waals surface area contributed by atoms with Crippen LogP contribution in [0.15, 0.2) is 24.3 Å². The maximum Gasteiger partial charge on any atom is 0.317 e. The van der Waals surface area contributed by atoms with Crippen molar-refractivity contribution < 1.29 is 19.5 Å². The van der Waals surface area contributed by atoms with Crippen molar-refractivity contribution in [3.05, 3.63) is 34.7 Å².